The van der Waals surface area contributed by atoms with E-state index < -0.39 is 6.10 Å². The zero-order chi connectivity index (χ0) is 27.7. The highest BCUT2D eigenvalue weighted by molar-refractivity contribution is 9.10. The minimum absolute atomic E-state index is 0.458. The average molecular weight is 597 g/mol. The Labute approximate surface area is 247 Å². The van der Waals surface area contributed by atoms with Gasteiger partial charge in [0.15, 0.2) is 0 Å². The number of unbranched alkanes of at least 4 members (excludes halogenated alkanes) is 14. The molecule has 0 aromatic heterocycles. The molecule has 0 spiro atoms. The summed E-state index contributed by atoms with van der Waals surface area (Å²) < 4.78 is 1.13. The van der Waals surface area contributed by atoms with Crippen LogP contribution in [0.15, 0.2) is 53.0 Å². The summed E-state index contributed by atoms with van der Waals surface area (Å²) in [6.45, 7) is 7.51. The van der Waals surface area contributed by atoms with Crippen molar-refractivity contribution in [3.63, 3.8) is 0 Å². The number of halogens is 1. The fourth-order valence-electron chi connectivity index (χ4n) is 5.86. The lowest BCUT2D eigenvalue weighted by molar-refractivity contribution is 0.110. The second kappa shape index (κ2) is 18.8. The molecule has 3 aromatic rings. The Hall–Kier alpha value is -1.42. The summed E-state index contributed by atoms with van der Waals surface area (Å²) in [5, 5.41) is 16.3. The van der Waals surface area contributed by atoms with Crippen LogP contribution < -0.4 is 0 Å². The second-order valence-electron chi connectivity index (χ2n) is 11.7. The summed E-state index contributed by atoms with van der Waals surface area (Å²) in [6.07, 6.45) is 21.1. The minimum Gasteiger partial charge on any atom is -0.387 e. The number of aliphatic hydroxyl groups is 1. The van der Waals surface area contributed by atoms with Crippen molar-refractivity contribution in [3.8, 4) is 0 Å². The number of hydrogen-bond donors (Lipinski definition) is 1. The van der Waals surface area contributed by atoms with Crippen molar-refractivity contribution in [3.05, 3.63) is 58.6 Å². The Balaban J connectivity index is 1.56. The fourth-order valence-corrected chi connectivity index (χ4v) is 6.46. The van der Waals surface area contributed by atoms with E-state index in [1.807, 2.05) is 0 Å². The van der Waals surface area contributed by atoms with Gasteiger partial charge in [0.25, 0.3) is 0 Å². The minimum atomic E-state index is -0.458. The summed E-state index contributed by atoms with van der Waals surface area (Å²) in [6, 6.07) is 17.3. The highest BCUT2D eigenvalue weighted by atomic mass is 79.9. The van der Waals surface area contributed by atoms with E-state index in [1.165, 1.54) is 124 Å². The van der Waals surface area contributed by atoms with Crippen molar-refractivity contribution in [1.29, 1.82) is 0 Å². The van der Waals surface area contributed by atoms with E-state index in [2.05, 4.69) is 83.2 Å². The molecule has 0 saturated heterocycles. The third-order valence-corrected chi connectivity index (χ3v) is 8.96. The van der Waals surface area contributed by atoms with Gasteiger partial charge >= 0.3 is 0 Å². The van der Waals surface area contributed by atoms with Gasteiger partial charge in [-0.1, -0.05) is 156 Å². The molecule has 39 heavy (non-hydrogen) atoms. The third-order valence-electron chi connectivity index (χ3n) is 8.31. The van der Waals surface area contributed by atoms with Crippen LogP contribution in [-0.2, 0) is 0 Å². The van der Waals surface area contributed by atoms with Gasteiger partial charge in [0.05, 0.1) is 6.10 Å². The molecule has 2 nitrogen and oxygen atoms in total. The van der Waals surface area contributed by atoms with Crippen molar-refractivity contribution in [2.45, 2.75) is 123 Å². The van der Waals surface area contributed by atoms with E-state index in [-0.39, 0.29) is 0 Å². The second-order valence-corrected chi connectivity index (χ2v) is 12.5. The van der Waals surface area contributed by atoms with Crippen LogP contribution in [0.4, 0.5) is 0 Å². The van der Waals surface area contributed by atoms with Gasteiger partial charge in [-0.15, -0.1) is 0 Å². The predicted molar refractivity (Wildman–Crippen MR) is 176 cm³/mol. The molecule has 0 radical (unpaired) electrons. The van der Waals surface area contributed by atoms with Crippen LogP contribution in [0.2, 0.25) is 0 Å². The molecule has 3 heteroatoms. The Morgan fingerprint density at radius 3 is 1.69 bits per heavy atom. The van der Waals surface area contributed by atoms with Crippen molar-refractivity contribution in [1.82, 2.24) is 4.90 Å². The Morgan fingerprint density at radius 1 is 0.615 bits per heavy atom. The molecule has 3 rings (SSSR count). The lowest BCUT2D eigenvalue weighted by Crippen LogP contribution is -2.31. The lowest BCUT2D eigenvalue weighted by Gasteiger charge is -2.26. The van der Waals surface area contributed by atoms with Crippen LogP contribution >= 0.6 is 15.9 Å². The summed E-state index contributed by atoms with van der Waals surface area (Å²) in [5.74, 6) is 0. The Kier molecular flexibility index (Phi) is 15.5. The largest absolute Gasteiger partial charge is 0.387 e. The lowest BCUT2D eigenvalue weighted by atomic mass is 9.98. The average Bonchev–Trinajstić information content (AvgIpc) is 2.95. The van der Waals surface area contributed by atoms with Crippen LogP contribution in [-0.4, -0.2) is 29.6 Å². The van der Waals surface area contributed by atoms with Crippen LogP contribution in [0, 0.1) is 0 Å². The first-order valence-electron chi connectivity index (χ1n) is 16.1. The first-order valence-corrected chi connectivity index (χ1v) is 16.9. The zero-order valence-corrected chi connectivity index (χ0v) is 26.5. The molecule has 1 atom stereocenters. The van der Waals surface area contributed by atoms with Crippen molar-refractivity contribution in [2.24, 2.45) is 0 Å². The molecule has 0 aliphatic heterocycles. The van der Waals surface area contributed by atoms with E-state index in [0.29, 0.717) is 0 Å². The summed E-state index contributed by atoms with van der Waals surface area (Å²) in [4.78, 5) is 2.54. The molecule has 0 heterocycles. The number of benzene rings is 3. The molecular formula is C36H54BrNO. The maximum Gasteiger partial charge on any atom is 0.0917 e. The molecule has 0 aliphatic rings. The van der Waals surface area contributed by atoms with Gasteiger partial charge < -0.3 is 10.0 Å². The zero-order valence-electron chi connectivity index (χ0n) is 24.9. The third kappa shape index (κ3) is 11.2. The van der Waals surface area contributed by atoms with Crippen molar-refractivity contribution >= 4 is 37.5 Å². The van der Waals surface area contributed by atoms with Gasteiger partial charge in [0.1, 0.15) is 0 Å². The van der Waals surface area contributed by atoms with Gasteiger partial charge in [-0.25, -0.2) is 0 Å². The Bertz CT molecular complexity index is 1060. The maximum atomic E-state index is 11.4. The van der Waals surface area contributed by atoms with E-state index >= 15 is 0 Å². The predicted octanol–water partition coefficient (Wildman–Crippen LogP) is 11.4. The van der Waals surface area contributed by atoms with Crippen molar-refractivity contribution < 1.29 is 5.11 Å². The molecule has 216 valence electrons. The quantitative estimate of drug-likeness (QED) is 0.0977. The molecule has 3 aromatic carbocycles. The highest BCUT2D eigenvalue weighted by Gasteiger charge is 2.15. The number of rotatable bonds is 21. The SMILES string of the molecule is CCCCCCCCCCN(CCCCCCCCCC)CC(O)c1ccc2cc(Br)c3ccccc3c2c1. The van der Waals surface area contributed by atoms with Crippen LogP contribution in [0.5, 0.6) is 0 Å². The normalized spacial score (nSPS) is 12.6. The molecule has 0 saturated carbocycles. The van der Waals surface area contributed by atoms with Gasteiger partial charge in [-0.3, -0.25) is 0 Å². The summed E-state index contributed by atoms with van der Waals surface area (Å²) in [7, 11) is 0. The monoisotopic (exact) mass is 595 g/mol. The Morgan fingerprint density at radius 2 is 1.13 bits per heavy atom. The van der Waals surface area contributed by atoms with Gasteiger partial charge in [0, 0.05) is 11.0 Å². The highest BCUT2D eigenvalue weighted by Crippen LogP contribution is 2.33. The van der Waals surface area contributed by atoms with Crippen molar-refractivity contribution in [2.75, 3.05) is 19.6 Å². The van der Waals surface area contributed by atoms with Crippen LogP contribution in [0.3, 0.4) is 0 Å². The summed E-state index contributed by atoms with van der Waals surface area (Å²) in [5.41, 5.74) is 1.03. The van der Waals surface area contributed by atoms with Crippen LogP contribution in [0.25, 0.3) is 21.5 Å². The molecule has 1 unspecified atom stereocenters. The number of fused-ring (bicyclic) bond motifs is 3. The molecular weight excluding hydrogens is 542 g/mol. The van der Waals surface area contributed by atoms with Gasteiger partial charge in [0.2, 0.25) is 0 Å². The number of nitrogens with zero attached hydrogens (tertiary/aromatic N) is 1. The standard InChI is InChI=1S/C36H54BrNO/c1-3-5-7-9-11-13-15-19-25-38(26-20-16-14-12-10-8-6-4-2)29-36(39)31-24-23-30-28-35(37)33-22-18-17-21-32(33)34(30)27-31/h17-18,21-24,27-28,36,39H,3-16,19-20,25-26,29H2,1-2H3. The molecule has 0 amide bonds. The maximum absolute atomic E-state index is 11.4. The fraction of sp³-hybridized carbons (Fsp3) is 0.611. The van der Waals surface area contributed by atoms with E-state index in [1.54, 1.807) is 0 Å². The molecule has 0 aliphatic carbocycles. The van der Waals surface area contributed by atoms with E-state index in [0.717, 1.165) is 29.7 Å². The smallest absolute Gasteiger partial charge is 0.0917 e. The topological polar surface area (TPSA) is 23.5 Å². The van der Waals surface area contributed by atoms with Gasteiger partial charge in [-0.2, -0.15) is 0 Å². The first-order chi connectivity index (χ1) is 19.1. The first kappa shape index (κ1) is 32.1. The van der Waals surface area contributed by atoms with E-state index in [4.69, 9.17) is 0 Å². The van der Waals surface area contributed by atoms with Gasteiger partial charge in [-0.05, 0) is 65.2 Å². The molecule has 0 fully saturated rings. The van der Waals surface area contributed by atoms with Crippen LogP contribution in [0.1, 0.15) is 128 Å². The molecule has 0 bridgehead atoms. The number of aliphatic hydroxyl groups excluding tert-OH is 1. The number of hydrogen-bond acceptors (Lipinski definition) is 2. The van der Waals surface area contributed by atoms with E-state index in [9.17, 15) is 5.11 Å². The summed E-state index contributed by atoms with van der Waals surface area (Å²) >= 11 is 3.74. The molecule has 1 N–H and O–H groups in total.